The van der Waals surface area contributed by atoms with E-state index in [4.69, 9.17) is 17.3 Å². The number of nitrogens with one attached hydrogen (secondary N) is 1. The van der Waals surface area contributed by atoms with Gasteiger partial charge in [-0.15, -0.1) is 11.3 Å². The highest BCUT2D eigenvalue weighted by molar-refractivity contribution is 7.18. The Bertz CT molecular complexity index is 943. The summed E-state index contributed by atoms with van der Waals surface area (Å²) in [6.45, 7) is 4.39. The van der Waals surface area contributed by atoms with Crippen molar-refractivity contribution in [2.24, 2.45) is 12.8 Å². The van der Waals surface area contributed by atoms with E-state index in [0.29, 0.717) is 22.2 Å². The summed E-state index contributed by atoms with van der Waals surface area (Å²) in [6.07, 6.45) is 2.48. The van der Waals surface area contributed by atoms with Gasteiger partial charge in [-0.1, -0.05) is 41.4 Å². The van der Waals surface area contributed by atoms with Crippen LogP contribution in [0.5, 0.6) is 0 Å². The number of nitrogens with two attached hydrogens (primary N) is 1. The van der Waals surface area contributed by atoms with Crippen LogP contribution in [0, 0.1) is 13.8 Å². The second-order valence-electron chi connectivity index (χ2n) is 6.70. The molecule has 0 saturated carbocycles. The summed E-state index contributed by atoms with van der Waals surface area (Å²) in [7, 11) is 1.86. The quantitative estimate of drug-likeness (QED) is 0.660. The van der Waals surface area contributed by atoms with Gasteiger partial charge in [0.05, 0.1) is 16.8 Å². The van der Waals surface area contributed by atoms with Crippen molar-refractivity contribution >= 4 is 28.8 Å². The number of carbonyl (C=O) groups excluding carboxylic acids is 1. The lowest BCUT2D eigenvalue weighted by Gasteiger charge is -2.16. The first-order chi connectivity index (χ1) is 12.9. The number of halogens is 1. The highest BCUT2D eigenvalue weighted by atomic mass is 35.5. The van der Waals surface area contributed by atoms with E-state index in [1.54, 1.807) is 10.9 Å². The Morgan fingerprint density at radius 1 is 1.37 bits per heavy atom. The van der Waals surface area contributed by atoms with Gasteiger partial charge in [-0.05, 0) is 37.5 Å². The van der Waals surface area contributed by atoms with Gasteiger partial charge in [-0.2, -0.15) is 5.10 Å². The van der Waals surface area contributed by atoms with Gasteiger partial charge in [0.25, 0.3) is 5.91 Å². The fraction of sp³-hybridized carbons (Fsp3) is 0.300. The number of rotatable bonds is 6. The summed E-state index contributed by atoms with van der Waals surface area (Å²) in [5.41, 5.74) is 11.0. The molecule has 3 rings (SSSR count). The van der Waals surface area contributed by atoms with Gasteiger partial charge < -0.3 is 11.1 Å². The first-order valence-electron chi connectivity index (χ1n) is 8.73. The maximum atomic E-state index is 12.7. The van der Waals surface area contributed by atoms with Crippen molar-refractivity contribution in [2.75, 3.05) is 6.54 Å². The van der Waals surface area contributed by atoms with Crippen molar-refractivity contribution in [1.29, 1.82) is 0 Å². The molecule has 2 aromatic heterocycles. The maximum Gasteiger partial charge on any atom is 0.261 e. The van der Waals surface area contributed by atoms with E-state index in [1.165, 1.54) is 16.9 Å². The Balaban J connectivity index is 1.76. The zero-order chi connectivity index (χ0) is 19.6. The normalized spacial score (nSPS) is 12.2. The van der Waals surface area contributed by atoms with Crippen LogP contribution < -0.4 is 11.1 Å². The molecule has 5 nitrogen and oxygen atoms in total. The van der Waals surface area contributed by atoms with Gasteiger partial charge in [-0.25, -0.2) is 0 Å². The molecule has 142 valence electrons. The molecule has 0 saturated heterocycles. The number of benzene rings is 1. The summed E-state index contributed by atoms with van der Waals surface area (Å²) in [4.78, 5) is 13.3. The lowest BCUT2D eigenvalue weighted by atomic mass is 10.0. The van der Waals surface area contributed by atoms with E-state index in [2.05, 4.69) is 29.5 Å². The lowest BCUT2D eigenvalue weighted by Crippen LogP contribution is -2.41. The van der Waals surface area contributed by atoms with Crippen LogP contribution in [-0.4, -0.2) is 28.3 Å². The molecule has 0 aliphatic rings. The first-order valence-corrected chi connectivity index (χ1v) is 9.93. The summed E-state index contributed by atoms with van der Waals surface area (Å²) < 4.78 is 2.35. The van der Waals surface area contributed by atoms with Crippen molar-refractivity contribution < 1.29 is 4.79 Å². The standard InChI is InChI=1S/C20H23ClN4OS/c1-12-5-4-6-14(7-12)8-15(10-22)24-20(26)17-9-16(19(21)27-17)18-13(2)11-23-25(18)3/h4-7,9,11,15H,8,10,22H2,1-3H3,(H,24,26)/t15-/m0/s1. The fourth-order valence-corrected chi connectivity index (χ4v) is 4.33. The molecule has 0 aliphatic carbocycles. The van der Waals surface area contributed by atoms with Crippen LogP contribution in [0.1, 0.15) is 26.4 Å². The van der Waals surface area contributed by atoms with Crippen LogP contribution >= 0.6 is 22.9 Å². The Morgan fingerprint density at radius 3 is 2.78 bits per heavy atom. The molecule has 0 bridgehead atoms. The average molecular weight is 403 g/mol. The molecule has 0 unspecified atom stereocenters. The van der Waals surface area contributed by atoms with Gasteiger partial charge in [0.1, 0.15) is 4.34 Å². The van der Waals surface area contributed by atoms with Crippen molar-refractivity contribution in [3.8, 4) is 11.3 Å². The summed E-state index contributed by atoms with van der Waals surface area (Å²) in [5.74, 6) is -0.156. The topological polar surface area (TPSA) is 72.9 Å². The molecule has 1 aromatic carbocycles. The predicted octanol–water partition coefficient (Wildman–Crippen LogP) is 3.72. The Morgan fingerprint density at radius 2 is 2.15 bits per heavy atom. The zero-order valence-corrected chi connectivity index (χ0v) is 17.2. The Kier molecular flexibility index (Phi) is 5.99. The largest absolute Gasteiger partial charge is 0.347 e. The van der Waals surface area contributed by atoms with Crippen LogP contribution in [0.25, 0.3) is 11.3 Å². The number of carbonyl (C=O) groups is 1. The summed E-state index contributed by atoms with van der Waals surface area (Å²) in [5, 5.41) is 7.28. The van der Waals surface area contributed by atoms with Crippen LogP contribution in [-0.2, 0) is 13.5 Å². The zero-order valence-electron chi connectivity index (χ0n) is 15.6. The van der Waals surface area contributed by atoms with E-state index in [0.717, 1.165) is 22.4 Å². The van der Waals surface area contributed by atoms with Crippen LogP contribution in [0.2, 0.25) is 4.34 Å². The van der Waals surface area contributed by atoms with Crippen molar-refractivity contribution in [1.82, 2.24) is 15.1 Å². The number of thiophene rings is 1. The van der Waals surface area contributed by atoms with Gasteiger partial charge >= 0.3 is 0 Å². The lowest BCUT2D eigenvalue weighted by molar-refractivity contribution is 0.0942. The van der Waals surface area contributed by atoms with Crippen LogP contribution in [0.4, 0.5) is 0 Å². The molecule has 2 heterocycles. The Labute approximate surface area is 168 Å². The molecule has 7 heteroatoms. The first kappa shape index (κ1) is 19.6. The van der Waals surface area contributed by atoms with E-state index >= 15 is 0 Å². The van der Waals surface area contributed by atoms with Crippen LogP contribution in [0.3, 0.4) is 0 Å². The molecule has 0 fully saturated rings. The second-order valence-corrected chi connectivity index (χ2v) is 8.35. The Hall–Kier alpha value is -2.15. The molecule has 3 N–H and O–H groups in total. The summed E-state index contributed by atoms with van der Waals surface area (Å²) >= 11 is 7.69. The van der Waals surface area contributed by atoms with E-state index in [-0.39, 0.29) is 11.9 Å². The molecule has 1 atom stereocenters. The monoisotopic (exact) mass is 402 g/mol. The third-order valence-corrected chi connectivity index (χ3v) is 5.83. The fourth-order valence-electron chi connectivity index (χ4n) is 3.15. The highest BCUT2D eigenvalue weighted by Crippen LogP contribution is 2.36. The molecule has 27 heavy (non-hydrogen) atoms. The molecule has 0 aliphatic heterocycles. The molecule has 3 aromatic rings. The molecule has 1 amide bonds. The minimum Gasteiger partial charge on any atom is -0.347 e. The minimum atomic E-state index is -0.156. The highest BCUT2D eigenvalue weighted by Gasteiger charge is 2.20. The van der Waals surface area contributed by atoms with E-state index in [9.17, 15) is 4.79 Å². The number of aromatic nitrogens is 2. The van der Waals surface area contributed by atoms with Crippen molar-refractivity contribution in [2.45, 2.75) is 26.3 Å². The molecular formula is C20H23ClN4OS. The molecular weight excluding hydrogens is 380 g/mol. The van der Waals surface area contributed by atoms with Gasteiger partial charge in [-0.3, -0.25) is 9.48 Å². The number of amides is 1. The van der Waals surface area contributed by atoms with Gasteiger partial charge in [0.15, 0.2) is 0 Å². The smallest absolute Gasteiger partial charge is 0.261 e. The van der Waals surface area contributed by atoms with Crippen molar-refractivity contribution in [3.63, 3.8) is 0 Å². The van der Waals surface area contributed by atoms with Gasteiger partial charge in [0.2, 0.25) is 0 Å². The maximum absolute atomic E-state index is 12.7. The number of nitrogens with zero attached hydrogens (tertiary/aromatic N) is 2. The molecule has 0 radical (unpaired) electrons. The van der Waals surface area contributed by atoms with Crippen LogP contribution in [0.15, 0.2) is 36.5 Å². The van der Waals surface area contributed by atoms with E-state index in [1.807, 2.05) is 32.2 Å². The van der Waals surface area contributed by atoms with E-state index < -0.39 is 0 Å². The second kappa shape index (κ2) is 8.25. The SMILES string of the molecule is Cc1cccc(C[C@@H](CN)NC(=O)c2cc(-c3c(C)cnn3C)c(Cl)s2)c1. The third-order valence-electron chi connectivity index (χ3n) is 4.47. The predicted molar refractivity (Wildman–Crippen MR) is 111 cm³/mol. The minimum absolute atomic E-state index is 0.137. The molecule has 0 spiro atoms. The van der Waals surface area contributed by atoms with Gasteiger partial charge in [0, 0.05) is 25.2 Å². The number of hydrogen-bond acceptors (Lipinski definition) is 4. The average Bonchev–Trinajstić information content (AvgIpc) is 3.16. The third kappa shape index (κ3) is 4.40. The van der Waals surface area contributed by atoms with Crippen molar-refractivity contribution in [3.05, 3.63) is 62.4 Å². The number of aryl methyl sites for hydroxylation is 3. The summed E-state index contributed by atoms with van der Waals surface area (Å²) in [6, 6.07) is 9.92. The number of hydrogen-bond donors (Lipinski definition) is 2.